The Morgan fingerprint density at radius 1 is 0.686 bits per heavy atom. The van der Waals surface area contributed by atoms with E-state index in [0.29, 0.717) is 0 Å². The summed E-state index contributed by atoms with van der Waals surface area (Å²) < 4.78 is 1.40. The van der Waals surface area contributed by atoms with Crippen molar-refractivity contribution in [3.63, 3.8) is 0 Å². The minimum atomic E-state index is 0.999. The molecule has 2 rings (SSSR count). The normalized spacial score (nSPS) is 11.3. The fourth-order valence-electron chi connectivity index (χ4n) is 5.11. The third-order valence-electron chi connectivity index (χ3n) is 7.41. The molecule has 0 amide bonds. The molecule has 1 N–H and O–H groups in total. The standard InChI is InChI=1S/C33H55NS/c1-3-4-5-6-7-8-9-10-11-12-13-14-15-16-17-18-19-20-21-24-30(2)34-28-27-31-29-35-33-26-23-22-25-32(31)33/h22-23,25-26,29,34H,2-21,24,27-28H2,1H3. The molecule has 1 heterocycles. The van der Waals surface area contributed by atoms with Gasteiger partial charge in [0.25, 0.3) is 0 Å². The van der Waals surface area contributed by atoms with Gasteiger partial charge in [-0.2, -0.15) is 0 Å². The van der Waals surface area contributed by atoms with Gasteiger partial charge in [0.1, 0.15) is 0 Å². The van der Waals surface area contributed by atoms with Crippen LogP contribution in [0.25, 0.3) is 10.1 Å². The second-order valence-corrected chi connectivity index (χ2v) is 11.6. The molecule has 0 radical (unpaired) electrons. The van der Waals surface area contributed by atoms with Crippen LogP contribution in [0.3, 0.4) is 0 Å². The molecule has 1 nitrogen and oxygen atoms in total. The zero-order chi connectivity index (χ0) is 24.8. The topological polar surface area (TPSA) is 12.0 Å². The van der Waals surface area contributed by atoms with E-state index in [4.69, 9.17) is 0 Å². The van der Waals surface area contributed by atoms with Crippen LogP contribution in [0.15, 0.2) is 41.9 Å². The van der Waals surface area contributed by atoms with Crippen LogP contribution in [0, 0.1) is 0 Å². The molecule has 198 valence electrons. The molecule has 1 aromatic heterocycles. The van der Waals surface area contributed by atoms with E-state index in [0.717, 1.165) is 19.4 Å². The van der Waals surface area contributed by atoms with Crippen LogP contribution in [0.1, 0.15) is 141 Å². The molecule has 2 aromatic rings. The highest BCUT2D eigenvalue weighted by atomic mass is 32.1. The van der Waals surface area contributed by atoms with E-state index in [2.05, 4.69) is 48.5 Å². The Morgan fingerprint density at radius 3 is 1.71 bits per heavy atom. The Bertz CT molecular complexity index is 761. The number of rotatable bonds is 24. The number of fused-ring (bicyclic) bond motifs is 1. The number of hydrogen-bond donors (Lipinski definition) is 1. The first-order valence-corrected chi connectivity index (χ1v) is 16.1. The number of thiophene rings is 1. The molecular weight excluding hydrogens is 442 g/mol. The zero-order valence-corrected chi connectivity index (χ0v) is 23.9. The highest BCUT2D eigenvalue weighted by Gasteiger charge is 2.03. The lowest BCUT2D eigenvalue weighted by Crippen LogP contribution is -2.15. The summed E-state index contributed by atoms with van der Waals surface area (Å²) in [6, 6.07) is 8.73. The van der Waals surface area contributed by atoms with Gasteiger partial charge in [-0.3, -0.25) is 0 Å². The lowest BCUT2D eigenvalue weighted by molar-refractivity contribution is 0.522. The average Bonchev–Trinajstić information content (AvgIpc) is 3.28. The molecular formula is C33H55NS. The number of nitrogens with one attached hydrogen (secondary N) is 1. The molecule has 0 aliphatic carbocycles. The Morgan fingerprint density at radius 2 is 1.17 bits per heavy atom. The van der Waals surface area contributed by atoms with Crippen LogP contribution in [-0.2, 0) is 6.42 Å². The summed E-state index contributed by atoms with van der Waals surface area (Å²) in [5.74, 6) is 0. The fourth-order valence-corrected chi connectivity index (χ4v) is 6.10. The summed E-state index contributed by atoms with van der Waals surface area (Å²) in [4.78, 5) is 0. The van der Waals surface area contributed by atoms with Gasteiger partial charge >= 0.3 is 0 Å². The van der Waals surface area contributed by atoms with Crippen molar-refractivity contribution in [3.05, 3.63) is 47.5 Å². The predicted octanol–water partition coefficient (Wildman–Crippen LogP) is 11.4. The summed E-state index contributed by atoms with van der Waals surface area (Å²) in [6.07, 6.45) is 29.5. The number of benzene rings is 1. The molecule has 0 aliphatic rings. The van der Waals surface area contributed by atoms with Crippen molar-refractivity contribution in [2.24, 2.45) is 0 Å². The summed E-state index contributed by atoms with van der Waals surface area (Å²) in [7, 11) is 0. The van der Waals surface area contributed by atoms with Gasteiger partial charge in [0, 0.05) is 16.9 Å². The van der Waals surface area contributed by atoms with Gasteiger partial charge in [-0.15, -0.1) is 11.3 Å². The van der Waals surface area contributed by atoms with Gasteiger partial charge in [-0.1, -0.05) is 147 Å². The van der Waals surface area contributed by atoms with Crippen molar-refractivity contribution in [2.45, 2.75) is 142 Å². The SMILES string of the molecule is C=C(CCCCCCCCCCCCCCCCCCCCC)NCCc1csc2ccccc12. The first-order valence-electron chi connectivity index (χ1n) is 15.2. The largest absolute Gasteiger partial charge is 0.388 e. The summed E-state index contributed by atoms with van der Waals surface area (Å²) in [6.45, 7) is 7.54. The highest BCUT2D eigenvalue weighted by molar-refractivity contribution is 7.17. The predicted molar refractivity (Wildman–Crippen MR) is 161 cm³/mol. The Balaban J connectivity index is 1.28. The van der Waals surface area contributed by atoms with E-state index >= 15 is 0 Å². The highest BCUT2D eigenvalue weighted by Crippen LogP contribution is 2.25. The second-order valence-electron chi connectivity index (χ2n) is 10.7. The molecule has 0 unspecified atom stereocenters. The lowest BCUT2D eigenvalue weighted by atomic mass is 10.0. The van der Waals surface area contributed by atoms with E-state index in [-0.39, 0.29) is 0 Å². The molecule has 0 saturated heterocycles. The maximum Gasteiger partial charge on any atom is 0.0345 e. The Kier molecular flexibility index (Phi) is 17.9. The molecule has 0 saturated carbocycles. The van der Waals surface area contributed by atoms with Gasteiger partial charge < -0.3 is 5.32 Å². The molecule has 2 heteroatoms. The van der Waals surface area contributed by atoms with E-state index in [1.54, 1.807) is 0 Å². The second kappa shape index (κ2) is 20.9. The maximum atomic E-state index is 4.24. The van der Waals surface area contributed by atoms with Crippen LogP contribution in [-0.4, -0.2) is 6.54 Å². The quantitative estimate of drug-likeness (QED) is 0.142. The summed E-state index contributed by atoms with van der Waals surface area (Å²) in [5, 5.41) is 7.29. The van der Waals surface area contributed by atoms with E-state index < -0.39 is 0 Å². The molecule has 0 bridgehead atoms. The van der Waals surface area contributed by atoms with Crippen LogP contribution in [0.5, 0.6) is 0 Å². The lowest BCUT2D eigenvalue weighted by Gasteiger charge is -2.09. The molecule has 0 aliphatic heterocycles. The van der Waals surface area contributed by atoms with Gasteiger partial charge in [0.05, 0.1) is 0 Å². The van der Waals surface area contributed by atoms with Crippen LogP contribution >= 0.6 is 11.3 Å². The first kappa shape index (κ1) is 29.9. The fraction of sp³-hybridized carbons (Fsp3) is 0.697. The molecule has 0 fully saturated rings. The molecule has 0 atom stereocenters. The minimum absolute atomic E-state index is 0.999. The van der Waals surface area contributed by atoms with E-state index in [9.17, 15) is 0 Å². The van der Waals surface area contributed by atoms with Crippen LogP contribution < -0.4 is 5.32 Å². The maximum absolute atomic E-state index is 4.24. The first-order chi connectivity index (χ1) is 17.3. The van der Waals surface area contributed by atoms with Crippen molar-refractivity contribution in [3.8, 4) is 0 Å². The van der Waals surface area contributed by atoms with Crippen LogP contribution in [0.2, 0.25) is 0 Å². The van der Waals surface area contributed by atoms with Crippen molar-refractivity contribution < 1.29 is 0 Å². The third-order valence-corrected chi connectivity index (χ3v) is 8.42. The van der Waals surface area contributed by atoms with Crippen molar-refractivity contribution in [1.82, 2.24) is 5.32 Å². The number of allylic oxidation sites excluding steroid dienone is 1. The Hall–Kier alpha value is -1.28. The van der Waals surface area contributed by atoms with Gasteiger partial charge in [0.15, 0.2) is 0 Å². The molecule has 0 spiro atoms. The van der Waals surface area contributed by atoms with Crippen molar-refractivity contribution in [2.75, 3.05) is 6.54 Å². The van der Waals surface area contributed by atoms with Crippen molar-refractivity contribution in [1.29, 1.82) is 0 Å². The summed E-state index contributed by atoms with van der Waals surface area (Å²) >= 11 is 1.86. The summed E-state index contributed by atoms with van der Waals surface area (Å²) in [5.41, 5.74) is 2.69. The smallest absolute Gasteiger partial charge is 0.0345 e. The van der Waals surface area contributed by atoms with Crippen molar-refractivity contribution >= 4 is 21.4 Å². The van der Waals surface area contributed by atoms with Crippen LogP contribution in [0.4, 0.5) is 0 Å². The zero-order valence-electron chi connectivity index (χ0n) is 23.1. The van der Waals surface area contributed by atoms with E-state index in [1.807, 2.05) is 11.3 Å². The van der Waals surface area contributed by atoms with Gasteiger partial charge in [0.2, 0.25) is 0 Å². The van der Waals surface area contributed by atoms with Gasteiger partial charge in [-0.05, 0) is 41.7 Å². The minimum Gasteiger partial charge on any atom is -0.388 e. The Labute approximate surface area is 222 Å². The number of hydrogen-bond acceptors (Lipinski definition) is 2. The van der Waals surface area contributed by atoms with Gasteiger partial charge in [-0.25, -0.2) is 0 Å². The molecule has 1 aromatic carbocycles. The molecule has 35 heavy (non-hydrogen) atoms. The average molecular weight is 498 g/mol. The third kappa shape index (κ3) is 14.8. The monoisotopic (exact) mass is 497 g/mol. The number of unbranched alkanes of at least 4 members (excludes halogenated alkanes) is 18. The van der Waals surface area contributed by atoms with E-state index in [1.165, 1.54) is 143 Å².